The van der Waals surface area contributed by atoms with E-state index >= 15 is 0 Å². The molecule has 0 rings (SSSR count). The van der Waals surface area contributed by atoms with E-state index in [0.29, 0.717) is 0 Å². The molecule has 0 bridgehead atoms. The Kier molecular flexibility index (Phi) is 3.78. The Bertz CT molecular complexity index is 147. The van der Waals surface area contributed by atoms with Crippen LogP contribution in [0.1, 0.15) is 20.8 Å². The fraction of sp³-hybridized carbons (Fsp3) is 0.400. The molecule has 0 fully saturated rings. The lowest BCUT2D eigenvalue weighted by molar-refractivity contribution is 0.625. The molecule has 0 atom stereocenters. The largest absolute Gasteiger partial charge is 0.0991 e. The first-order valence-electron chi connectivity index (χ1n) is 3.56. The van der Waals surface area contributed by atoms with Crippen LogP contribution in [-0.2, 0) is 0 Å². The minimum Gasteiger partial charge on any atom is -0.0991 e. The maximum atomic E-state index is 3.61. The molecule has 0 N–H and O–H groups in total. The van der Waals surface area contributed by atoms with Gasteiger partial charge in [-0.3, -0.25) is 0 Å². The first-order chi connectivity index (χ1) is 4.62. The second kappa shape index (κ2) is 4.10. The summed E-state index contributed by atoms with van der Waals surface area (Å²) < 4.78 is 0. The van der Waals surface area contributed by atoms with E-state index in [4.69, 9.17) is 0 Å². The van der Waals surface area contributed by atoms with E-state index in [9.17, 15) is 0 Å². The quantitative estimate of drug-likeness (QED) is 0.412. The third-order valence-corrected chi connectivity index (χ3v) is 1.26. The molecule has 0 heterocycles. The van der Waals surface area contributed by atoms with E-state index in [-0.39, 0.29) is 5.41 Å². The second-order valence-electron chi connectivity index (χ2n) is 2.92. The third kappa shape index (κ3) is 4.13. The van der Waals surface area contributed by atoms with E-state index in [1.54, 1.807) is 6.08 Å². The summed E-state index contributed by atoms with van der Waals surface area (Å²) in [4.78, 5) is 0. The highest BCUT2D eigenvalue weighted by Gasteiger charge is 2.05. The molecule has 0 nitrogen and oxygen atoms in total. The van der Waals surface area contributed by atoms with E-state index in [2.05, 4.69) is 38.7 Å². The lowest BCUT2D eigenvalue weighted by atomic mass is 9.92. The predicted octanol–water partition coefficient (Wildman–Crippen LogP) is 3.33. The summed E-state index contributed by atoms with van der Waals surface area (Å²) in [6, 6.07) is 0. The van der Waals surface area contributed by atoms with Gasteiger partial charge in [-0.15, -0.1) is 0 Å². The SMILES string of the molecule is C=C/C=C\C(C)(C)/C=C\C. The van der Waals surface area contributed by atoms with Crippen molar-refractivity contribution in [2.24, 2.45) is 5.41 Å². The molecule has 0 radical (unpaired) electrons. The van der Waals surface area contributed by atoms with Crippen molar-refractivity contribution < 1.29 is 0 Å². The highest BCUT2D eigenvalue weighted by atomic mass is 14.1. The summed E-state index contributed by atoms with van der Waals surface area (Å²) in [6.45, 7) is 9.96. The summed E-state index contributed by atoms with van der Waals surface area (Å²) in [5.74, 6) is 0. The summed E-state index contributed by atoms with van der Waals surface area (Å²) in [5.41, 5.74) is 0.170. The molecule has 0 aromatic rings. The van der Waals surface area contributed by atoms with Crippen LogP contribution in [0.4, 0.5) is 0 Å². The van der Waals surface area contributed by atoms with E-state index < -0.39 is 0 Å². The Hall–Kier alpha value is -0.780. The topological polar surface area (TPSA) is 0 Å². The van der Waals surface area contributed by atoms with Gasteiger partial charge in [-0.05, 0) is 6.92 Å². The Morgan fingerprint density at radius 1 is 1.20 bits per heavy atom. The molecule has 0 aliphatic carbocycles. The molecule has 0 amide bonds. The summed E-state index contributed by atoms with van der Waals surface area (Å²) in [5, 5.41) is 0. The van der Waals surface area contributed by atoms with E-state index in [0.717, 1.165) is 0 Å². The standard InChI is InChI=1S/C10H16/c1-5-7-9-10(3,4)8-6-2/h5-9H,1H2,2-4H3/b8-6-,9-7-. The molecule has 56 valence electrons. The van der Waals surface area contributed by atoms with Gasteiger partial charge in [0.2, 0.25) is 0 Å². The van der Waals surface area contributed by atoms with Gasteiger partial charge in [0.15, 0.2) is 0 Å². The van der Waals surface area contributed by atoms with Crippen LogP contribution in [-0.4, -0.2) is 0 Å². The van der Waals surface area contributed by atoms with Crippen molar-refractivity contribution in [1.82, 2.24) is 0 Å². The maximum Gasteiger partial charge on any atom is 0.000741 e. The van der Waals surface area contributed by atoms with Gasteiger partial charge in [-0.2, -0.15) is 0 Å². The van der Waals surface area contributed by atoms with Gasteiger partial charge < -0.3 is 0 Å². The minimum atomic E-state index is 0.170. The molecule has 0 heteroatoms. The smallest absolute Gasteiger partial charge is 0.000741 e. The van der Waals surface area contributed by atoms with Crippen LogP contribution in [0, 0.1) is 5.41 Å². The van der Waals surface area contributed by atoms with Crippen LogP contribution >= 0.6 is 0 Å². The number of hydrogen-bond donors (Lipinski definition) is 0. The molecule has 0 saturated carbocycles. The highest BCUT2D eigenvalue weighted by molar-refractivity contribution is 5.10. The minimum absolute atomic E-state index is 0.170. The van der Waals surface area contributed by atoms with Crippen LogP contribution in [0.3, 0.4) is 0 Å². The lowest BCUT2D eigenvalue weighted by Crippen LogP contribution is -2.00. The van der Waals surface area contributed by atoms with Crippen molar-refractivity contribution in [3.8, 4) is 0 Å². The van der Waals surface area contributed by atoms with Crippen molar-refractivity contribution in [2.45, 2.75) is 20.8 Å². The molecule has 0 saturated heterocycles. The lowest BCUT2D eigenvalue weighted by Gasteiger charge is -2.12. The zero-order valence-corrected chi connectivity index (χ0v) is 7.09. The molecular formula is C10H16. The first-order valence-corrected chi connectivity index (χ1v) is 3.56. The Morgan fingerprint density at radius 2 is 1.80 bits per heavy atom. The molecule has 10 heavy (non-hydrogen) atoms. The van der Waals surface area contributed by atoms with Crippen LogP contribution in [0.2, 0.25) is 0 Å². The van der Waals surface area contributed by atoms with Gasteiger partial charge in [0, 0.05) is 5.41 Å². The first kappa shape index (κ1) is 9.22. The third-order valence-electron chi connectivity index (χ3n) is 1.26. The van der Waals surface area contributed by atoms with Crippen molar-refractivity contribution in [3.05, 3.63) is 37.0 Å². The van der Waals surface area contributed by atoms with E-state index in [1.165, 1.54) is 0 Å². The Labute approximate surface area is 64.0 Å². The predicted molar refractivity (Wildman–Crippen MR) is 47.9 cm³/mol. The Balaban J connectivity index is 4.10. The van der Waals surface area contributed by atoms with Crippen molar-refractivity contribution in [2.75, 3.05) is 0 Å². The molecule has 0 aliphatic rings. The van der Waals surface area contributed by atoms with Crippen LogP contribution in [0.15, 0.2) is 37.0 Å². The molecular weight excluding hydrogens is 120 g/mol. The molecule has 0 aromatic heterocycles. The number of rotatable bonds is 3. The Morgan fingerprint density at radius 3 is 2.20 bits per heavy atom. The number of hydrogen-bond acceptors (Lipinski definition) is 0. The maximum absolute atomic E-state index is 3.61. The average Bonchev–Trinajstić information content (AvgIpc) is 1.84. The second-order valence-corrected chi connectivity index (χ2v) is 2.92. The van der Waals surface area contributed by atoms with Crippen molar-refractivity contribution in [3.63, 3.8) is 0 Å². The summed E-state index contributed by atoms with van der Waals surface area (Å²) in [7, 11) is 0. The van der Waals surface area contributed by atoms with Gasteiger partial charge in [0.1, 0.15) is 0 Å². The van der Waals surface area contributed by atoms with E-state index in [1.807, 2.05) is 13.0 Å². The fourth-order valence-electron chi connectivity index (χ4n) is 0.801. The van der Waals surface area contributed by atoms with Gasteiger partial charge in [0.05, 0.1) is 0 Å². The average molecular weight is 136 g/mol. The highest BCUT2D eigenvalue weighted by Crippen LogP contribution is 2.18. The zero-order chi connectivity index (χ0) is 8.04. The molecule has 0 aliphatic heterocycles. The normalized spacial score (nSPS) is 13.1. The van der Waals surface area contributed by atoms with Gasteiger partial charge in [0.25, 0.3) is 0 Å². The van der Waals surface area contributed by atoms with Crippen LogP contribution in [0.25, 0.3) is 0 Å². The monoisotopic (exact) mass is 136 g/mol. The molecule has 0 spiro atoms. The van der Waals surface area contributed by atoms with Crippen LogP contribution < -0.4 is 0 Å². The zero-order valence-electron chi connectivity index (χ0n) is 7.09. The van der Waals surface area contributed by atoms with Gasteiger partial charge in [-0.25, -0.2) is 0 Å². The van der Waals surface area contributed by atoms with Crippen LogP contribution in [0.5, 0.6) is 0 Å². The van der Waals surface area contributed by atoms with Gasteiger partial charge in [-0.1, -0.05) is 50.8 Å². The number of allylic oxidation sites excluding steroid dienone is 5. The van der Waals surface area contributed by atoms with Crippen molar-refractivity contribution in [1.29, 1.82) is 0 Å². The van der Waals surface area contributed by atoms with Gasteiger partial charge >= 0.3 is 0 Å². The molecule has 0 unspecified atom stereocenters. The summed E-state index contributed by atoms with van der Waals surface area (Å²) >= 11 is 0. The summed E-state index contributed by atoms with van der Waals surface area (Å²) in [6.07, 6.45) is 10.1. The molecule has 0 aromatic carbocycles. The van der Waals surface area contributed by atoms with Crippen molar-refractivity contribution >= 4 is 0 Å². The fourth-order valence-corrected chi connectivity index (χ4v) is 0.801.